The van der Waals surface area contributed by atoms with Gasteiger partial charge in [-0.1, -0.05) is 30.3 Å². The lowest BCUT2D eigenvalue weighted by atomic mass is 10.2. The summed E-state index contributed by atoms with van der Waals surface area (Å²) in [5.74, 6) is -1.65. The first kappa shape index (κ1) is 12.8. The topological polar surface area (TPSA) is 75.4 Å². The molecule has 0 aromatic heterocycles. The number of hydrogen-bond donors (Lipinski definition) is 2. The van der Waals surface area contributed by atoms with Gasteiger partial charge >= 0.3 is 0 Å². The minimum absolute atomic E-state index is 0.00412. The van der Waals surface area contributed by atoms with Crippen molar-refractivity contribution in [3.05, 3.63) is 64.0 Å². The molecular weight excluding hydrogens is 251 g/mol. The van der Waals surface area contributed by atoms with E-state index in [1.807, 2.05) is 30.3 Å². The molecule has 0 aliphatic carbocycles. The van der Waals surface area contributed by atoms with Crippen LogP contribution in [0.3, 0.4) is 0 Å². The van der Waals surface area contributed by atoms with Crippen molar-refractivity contribution in [3.63, 3.8) is 0 Å². The van der Waals surface area contributed by atoms with E-state index in [4.69, 9.17) is 0 Å². The molecule has 0 fully saturated rings. The highest BCUT2D eigenvalue weighted by atomic mass is 19.1. The minimum atomic E-state index is -1.02. The van der Waals surface area contributed by atoms with Gasteiger partial charge in [-0.3, -0.25) is 10.1 Å². The summed E-state index contributed by atoms with van der Waals surface area (Å²) >= 11 is 0. The Morgan fingerprint density at radius 3 is 2.58 bits per heavy atom. The van der Waals surface area contributed by atoms with E-state index in [-0.39, 0.29) is 5.69 Å². The van der Waals surface area contributed by atoms with E-state index >= 15 is 0 Å². The molecule has 2 aromatic rings. The predicted molar refractivity (Wildman–Crippen MR) is 68.5 cm³/mol. The molecule has 0 spiro atoms. The molecule has 0 saturated carbocycles. The SMILES string of the molecule is O=[N+]([O-])c1cc(F)c(O)c(NCc2ccccc2)c1. The van der Waals surface area contributed by atoms with Crippen molar-refractivity contribution in [2.24, 2.45) is 0 Å². The molecule has 0 aliphatic heterocycles. The number of rotatable bonds is 4. The average molecular weight is 262 g/mol. The number of halogens is 1. The first-order chi connectivity index (χ1) is 9.08. The molecule has 0 unspecified atom stereocenters. The smallest absolute Gasteiger partial charge is 0.274 e. The lowest BCUT2D eigenvalue weighted by Crippen LogP contribution is -2.01. The fourth-order valence-electron chi connectivity index (χ4n) is 1.62. The molecule has 0 saturated heterocycles. The summed E-state index contributed by atoms with van der Waals surface area (Å²) in [6, 6.07) is 11.0. The largest absolute Gasteiger partial charge is 0.503 e. The Kier molecular flexibility index (Phi) is 3.61. The summed E-state index contributed by atoms with van der Waals surface area (Å²) in [6.45, 7) is 0.328. The fourth-order valence-corrected chi connectivity index (χ4v) is 1.62. The number of phenolic OH excluding ortho intramolecular Hbond substituents is 1. The maximum atomic E-state index is 13.3. The Bertz CT molecular complexity index is 602. The van der Waals surface area contributed by atoms with Crippen molar-refractivity contribution >= 4 is 11.4 Å². The van der Waals surface area contributed by atoms with E-state index in [0.717, 1.165) is 11.6 Å². The first-order valence-electron chi connectivity index (χ1n) is 5.52. The molecule has 6 heteroatoms. The van der Waals surface area contributed by atoms with Crippen molar-refractivity contribution in [1.29, 1.82) is 0 Å². The normalized spacial score (nSPS) is 10.2. The number of nitrogens with one attached hydrogen (secondary N) is 1. The Hall–Kier alpha value is -2.63. The summed E-state index contributed by atoms with van der Waals surface area (Å²) < 4.78 is 13.3. The third-order valence-electron chi connectivity index (χ3n) is 2.58. The second-order valence-corrected chi connectivity index (χ2v) is 3.92. The van der Waals surface area contributed by atoms with E-state index in [2.05, 4.69) is 5.32 Å². The Labute approximate surface area is 108 Å². The number of benzene rings is 2. The summed E-state index contributed by atoms with van der Waals surface area (Å²) in [4.78, 5) is 9.91. The van der Waals surface area contributed by atoms with Crippen molar-refractivity contribution in [1.82, 2.24) is 0 Å². The van der Waals surface area contributed by atoms with Gasteiger partial charge in [0.25, 0.3) is 5.69 Å². The number of nitro groups is 1. The van der Waals surface area contributed by atoms with Gasteiger partial charge in [-0.2, -0.15) is 0 Å². The molecule has 98 valence electrons. The minimum Gasteiger partial charge on any atom is -0.503 e. The van der Waals surface area contributed by atoms with Crippen molar-refractivity contribution in [3.8, 4) is 5.75 Å². The van der Waals surface area contributed by atoms with Crippen LogP contribution in [-0.4, -0.2) is 10.0 Å². The number of non-ortho nitro benzene ring substituents is 1. The molecule has 2 aromatic carbocycles. The van der Waals surface area contributed by atoms with Gasteiger partial charge in [0.2, 0.25) is 0 Å². The van der Waals surface area contributed by atoms with E-state index < -0.39 is 22.2 Å². The first-order valence-corrected chi connectivity index (χ1v) is 5.52. The molecular formula is C13H11FN2O3. The van der Waals surface area contributed by atoms with Crippen LogP contribution in [0.5, 0.6) is 5.75 Å². The molecule has 2 N–H and O–H groups in total. The average Bonchev–Trinajstić information content (AvgIpc) is 2.41. The Morgan fingerprint density at radius 2 is 1.95 bits per heavy atom. The van der Waals surface area contributed by atoms with Gasteiger partial charge in [0, 0.05) is 12.6 Å². The van der Waals surface area contributed by atoms with Crippen molar-refractivity contribution in [2.45, 2.75) is 6.54 Å². The van der Waals surface area contributed by atoms with Crippen molar-refractivity contribution < 1.29 is 14.4 Å². The van der Waals surface area contributed by atoms with Crippen LogP contribution in [0.2, 0.25) is 0 Å². The zero-order valence-electron chi connectivity index (χ0n) is 9.84. The van der Waals surface area contributed by atoms with Crippen LogP contribution in [0.25, 0.3) is 0 Å². The lowest BCUT2D eigenvalue weighted by Gasteiger charge is -2.09. The molecule has 0 atom stereocenters. The number of phenols is 1. The highest BCUT2D eigenvalue weighted by Crippen LogP contribution is 2.31. The molecule has 0 bridgehead atoms. The lowest BCUT2D eigenvalue weighted by molar-refractivity contribution is -0.385. The third kappa shape index (κ3) is 2.98. The van der Waals surface area contributed by atoms with Crippen molar-refractivity contribution in [2.75, 3.05) is 5.32 Å². The Morgan fingerprint density at radius 1 is 1.26 bits per heavy atom. The zero-order valence-corrected chi connectivity index (χ0v) is 9.84. The maximum absolute atomic E-state index is 13.3. The molecule has 0 heterocycles. The van der Waals surface area contributed by atoms with Gasteiger partial charge in [-0.05, 0) is 5.56 Å². The van der Waals surface area contributed by atoms with Crippen LogP contribution in [0, 0.1) is 15.9 Å². The van der Waals surface area contributed by atoms with E-state index in [0.29, 0.717) is 12.6 Å². The van der Waals surface area contributed by atoms with Crippen LogP contribution < -0.4 is 5.32 Å². The van der Waals surface area contributed by atoms with Gasteiger partial charge in [-0.25, -0.2) is 4.39 Å². The van der Waals surface area contributed by atoms with Crippen LogP contribution in [0.4, 0.5) is 15.8 Å². The zero-order chi connectivity index (χ0) is 13.8. The molecule has 2 rings (SSSR count). The standard InChI is InChI=1S/C13H11FN2O3/c14-11-6-10(16(18)19)7-12(13(11)17)15-8-9-4-2-1-3-5-9/h1-7,15,17H,8H2. The second kappa shape index (κ2) is 5.34. The summed E-state index contributed by atoms with van der Waals surface area (Å²) in [5.41, 5.74) is 0.496. The Balaban J connectivity index is 2.22. The summed E-state index contributed by atoms with van der Waals surface area (Å²) in [5, 5.41) is 22.9. The monoisotopic (exact) mass is 262 g/mol. The number of nitrogens with zero attached hydrogens (tertiary/aromatic N) is 1. The molecule has 0 aliphatic rings. The molecule has 19 heavy (non-hydrogen) atoms. The maximum Gasteiger partial charge on any atom is 0.274 e. The van der Waals surface area contributed by atoms with Gasteiger partial charge in [-0.15, -0.1) is 0 Å². The highest BCUT2D eigenvalue weighted by Gasteiger charge is 2.15. The molecule has 0 radical (unpaired) electrons. The summed E-state index contributed by atoms with van der Waals surface area (Å²) in [6.07, 6.45) is 0. The van der Waals surface area contributed by atoms with Crippen LogP contribution in [0.1, 0.15) is 5.56 Å². The van der Waals surface area contributed by atoms with E-state index in [1.165, 1.54) is 0 Å². The van der Waals surface area contributed by atoms with Gasteiger partial charge in [0.1, 0.15) is 0 Å². The number of anilines is 1. The highest BCUT2D eigenvalue weighted by molar-refractivity contribution is 5.61. The van der Waals surface area contributed by atoms with Crippen LogP contribution in [0.15, 0.2) is 42.5 Å². The fraction of sp³-hybridized carbons (Fsp3) is 0.0769. The third-order valence-corrected chi connectivity index (χ3v) is 2.58. The summed E-state index contributed by atoms with van der Waals surface area (Å²) in [7, 11) is 0. The number of nitro benzene ring substituents is 1. The van der Waals surface area contributed by atoms with Crippen LogP contribution in [-0.2, 0) is 6.54 Å². The van der Waals surface area contributed by atoms with E-state index in [1.54, 1.807) is 0 Å². The molecule has 0 amide bonds. The van der Waals surface area contributed by atoms with Gasteiger partial charge in [0.05, 0.1) is 16.7 Å². The predicted octanol–water partition coefficient (Wildman–Crippen LogP) is 3.05. The van der Waals surface area contributed by atoms with Crippen LogP contribution >= 0.6 is 0 Å². The number of aromatic hydroxyl groups is 1. The van der Waals surface area contributed by atoms with Gasteiger partial charge < -0.3 is 10.4 Å². The van der Waals surface area contributed by atoms with Gasteiger partial charge in [0.15, 0.2) is 11.6 Å². The molecule has 5 nitrogen and oxygen atoms in total. The van der Waals surface area contributed by atoms with E-state index in [9.17, 15) is 19.6 Å². The second-order valence-electron chi connectivity index (χ2n) is 3.92. The number of hydrogen-bond acceptors (Lipinski definition) is 4. The quantitative estimate of drug-likeness (QED) is 0.504.